The third kappa shape index (κ3) is 3.49. The van der Waals surface area contributed by atoms with E-state index in [2.05, 4.69) is 12.7 Å². The third-order valence-electron chi connectivity index (χ3n) is 2.92. The van der Waals surface area contributed by atoms with E-state index in [-0.39, 0.29) is 0 Å². The summed E-state index contributed by atoms with van der Waals surface area (Å²) in [4.78, 5) is 0. The molecule has 0 unspecified atom stereocenters. The number of nitrogens with two attached hydrogens (primary N) is 2. The van der Waals surface area contributed by atoms with Crippen LogP contribution in [0.15, 0.2) is 61.2 Å². The van der Waals surface area contributed by atoms with Gasteiger partial charge in [0.05, 0.1) is 0 Å². The normalized spacial score (nSPS) is 11.3. The predicted octanol–water partition coefficient (Wildman–Crippen LogP) is 3.97. The van der Waals surface area contributed by atoms with Crippen LogP contribution in [0.1, 0.15) is 17.5 Å². The fraction of sp³-hybridized carbons (Fsp3) is 0.0588. The van der Waals surface area contributed by atoms with Gasteiger partial charge in [-0.2, -0.15) is 0 Å². The first-order valence-electron chi connectivity index (χ1n) is 6.22. The average Bonchev–Trinajstić information content (AvgIpc) is 2.42. The smallest absolute Gasteiger partial charge is 0.0314 e. The summed E-state index contributed by atoms with van der Waals surface area (Å²) in [6.07, 6.45) is 4.86. The van der Waals surface area contributed by atoms with Gasteiger partial charge in [-0.15, -0.1) is 6.58 Å². The summed E-state index contributed by atoms with van der Waals surface area (Å²) >= 11 is 0. The molecular formula is C17H18N2. The lowest BCUT2D eigenvalue weighted by atomic mass is 9.99. The SMILES string of the molecule is C=CC/C(=C\c1ccc(N)cc1)c1ccc(N)cc1. The highest BCUT2D eigenvalue weighted by Crippen LogP contribution is 2.23. The Hall–Kier alpha value is -2.48. The van der Waals surface area contributed by atoms with Crippen LogP contribution in [0.25, 0.3) is 11.6 Å². The molecule has 0 bridgehead atoms. The number of benzene rings is 2. The van der Waals surface area contributed by atoms with Gasteiger partial charge in [0, 0.05) is 11.4 Å². The Kier molecular flexibility index (Phi) is 4.04. The molecule has 0 fully saturated rings. The van der Waals surface area contributed by atoms with Gasteiger partial charge < -0.3 is 11.5 Å². The maximum absolute atomic E-state index is 5.72. The molecule has 2 aromatic rings. The van der Waals surface area contributed by atoms with E-state index in [1.165, 1.54) is 5.57 Å². The Morgan fingerprint density at radius 2 is 1.42 bits per heavy atom. The molecule has 0 radical (unpaired) electrons. The van der Waals surface area contributed by atoms with Crippen molar-refractivity contribution in [3.63, 3.8) is 0 Å². The summed E-state index contributed by atoms with van der Waals surface area (Å²) in [6, 6.07) is 15.7. The lowest BCUT2D eigenvalue weighted by Gasteiger charge is -2.06. The zero-order chi connectivity index (χ0) is 13.7. The van der Waals surface area contributed by atoms with E-state index in [1.54, 1.807) is 0 Å². The van der Waals surface area contributed by atoms with Crippen molar-refractivity contribution in [2.24, 2.45) is 0 Å². The minimum Gasteiger partial charge on any atom is -0.399 e. The zero-order valence-electron chi connectivity index (χ0n) is 10.8. The van der Waals surface area contributed by atoms with Crippen molar-refractivity contribution in [3.05, 3.63) is 72.3 Å². The maximum Gasteiger partial charge on any atom is 0.0314 e. The van der Waals surface area contributed by atoms with E-state index < -0.39 is 0 Å². The van der Waals surface area contributed by atoms with Crippen LogP contribution in [-0.4, -0.2) is 0 Å². The number of allylic oxidation sites excluding steroid dienone is 2. The largest absolute Gasteiger partial charge is 0.399 e. The molecule has 96 valence electrons. The third-order valence-corrected chi connectivity index (χ3v) is 2.92. The molecule has 0 saturated carbocycles. The van der Waals surface area contributed by atoms with Crippen LogP contribution < -0.4 is 11.5 Å². The standard InChI is InChI=1S/C17H18N2/c1-2-3-15(14-6-10-17(19)11-7-14)12-13-4-8-16(18)9-5-13/h2,4-12H,1,3,18-19H2/b15-12+. The summed E-state index contributed by atoms with van der Waals surface area (Å²) < 4.78 is 0. The molecule has 0 aliphatic rings. The highest BCUT2D eigenvalue weighted by molar-refractivity contribution is 5.82. The second-order valence-corrected chi connectivity index (χ2v) is 4.45. The Morgan fingerprint density at radius 1 is 0.895 bits per heavy atom. The number of anilines is 2. The van der Waals surface area contributed by atoms with Crippen LogP contribution in [0, 0.1) is 0 Å². The van der Waals surface area contributed by atoms with Crippen LogP contribution in [0.5, 0.6) is 0 Å². The average molecular weight is 250 g/mol. The Bertz CT molecular complexity index is 578. The van der Waals surface area contributed by atoms with Gasteiger partial charge in [-0.1, -0.05) is 36.4 Å². The van der Waals surface area contributed by atoms with E-state index in [0.29, 0.717) is 0 Å². The minimum atomic E-state index is 0.772. The van der Waals surface area contributed by atoms with Crippen molar-refractivity contribution < 1.29 is 0 Å². The van der Waals surface area contributed by atoms with Crippen molar-refractivity contribution in [3.8, 4) is 0 Å². The summed E-state index contributed by atoms with van der Waals surface area (Å²) in [5, 5.41) is 0. The summed E-state index contributed by atoms with van der Waals surface area (Å²) in [6.45, 7) is 3.81. The number of hydrogen-bond acceptors (Lipinski definition) is 2. The highest BCUT2D eigenvalue weighted by Gasteiger charge is 2.00. The minimum absolute atomic E-state index is 0.772. The van der Waals surface area contributed by atoms with E-state index in [1.807, 2.05) is 54.6 Å². The van der Waals surface area contributed by atoms with Crippen molar-refractivity contribution in [2.75, 3.05) is 11.5 Å². The van der Waals surface area contributed by atoms with Crippen LogP contribution >= 0.6 is 0 Å². The van der Waals surface area contributed by atoms with Gasteiger partial charge in [0.2, 0.25) is 0 Å². The van der Waals surface area contributed by atoms with Gasteiger partial charge in [0.1, 0.15) is 0 Å². The number of hydrogen-bond donors (Lipinski definition) is 2. The molecule has 0 saturated heterocycles. The summed E-state index contributed by atoms with van der Waals surface area (Å²) in [5.41, 5.74) is 16.4. The van der Waals surface area contributed by atoms with E-state index in [0.717, 1.165) is 28.9 Å². The second kappa shape index (κ2) is 5.91. The van der Waals surface area contributed by atoms with Gasteiger partial charge in [-0.3, -0.25) is 0 Å². The first-order chi connectivity index (χ1) is 9.19. The van der Waals surface area contributed by atoms with E-state index in [9.17, 15) is 0 Å². The lowest BCUT2D eigenvalue weighted by Crippen LogP contribution is -1.88. The molecule has 2 rings (SSSR count). The Labute approximate surface area is 114 Å². The molecule has 0 spiro atoms. The van der Waals surface area contributed by atoms with Crippen molar-refractivity contribution >= 4 is 23.0 Å². The molecule has 0 heterocycles. The van der Waals surface area contributed by atoms with Crippen LogP contribution in [0.3, 0.4) is 0 Å². The van der Waals surface area contributed by atoms with Gasteiger partial charge in [-0.05, 0) is 47.4 Å². The molecule has 2 aromatic carbocycles. The Morgan fingerprint density at radius 3 is 1.95 bits per heavy atom. The molecule has 4 N–H and O–H groups in total. The second-order valence-electron chi connectivity index (χ2n) is 4.45. The molecular weight excluding hydrogens is 232 g/mol. The molecule has 0 amide bonds. The molecule has 19 heavy (non-hydrogen) atoms. The predicted molar refractivity (Wildman–Crippen MR) is 84.4 cm³/mol. The summed E-state index contributed by atoms with van der Waals surface area (Å²) in [5.74, 6) is 0. The monoisotopic (exact) mass is 250 g/mol. The molecule has 0 atom stereocenters. The Balaban J connectivity index is 2.36. The molecule has 0 aromatic heterocycles. The van der Waals surface area contributed by atoms with Crippen LogP contribution in [0.2, 0.25) is 0 Å². The molecule has 0 aliphatic carbocycles. The van der Waals surface area contributed by atoms with Crippen molar-refractivity contribution in [1.82, 2.24) is 0 Å². The van der Waals surface area contributed by atoms with Gasteiger partial charge in [0.15, 0.2) is 0 Å². The van der Waals surface area contributed by atoms with E-state index in [4.69, 9.17) is 11.5 Å². The van der Waals surface area contributed by atoms with Gasteiger partial charge >= 0.3 is 0 Å². The van der Waals surface area contributed by atoms with E-state index >= 15 is 0 Å². The first-order valence-corrected chi connectivity index (χ1v) is 6.22. The fourth-order valence-corrected chi connectivity index (χ4v) is 1.91. The quantitative estimate of drug-likeness (QED) is 0.490. The highest BCUT2D eigenvalue weighted by atomic mass is 14.5. The molecule has 2 heteroatoms. The van der Waals surface area contributed by atoms with Crippen LogP contribution in [-0.2, 0) is 0 Å². The maximum atomic E-state index is 5.72. The number of rotatable bonds is 4. The molecule has 2 nitrogen and oxygen atoms in total. The van der Waals surface area contributed by atoms with Gasteiger partial charge in [-0.25, -0.2) is 0 Å². The topological polar surface area (TPSA) is 52.0 Å². The lowest BCUT2D eigenvalue weighted by molar-refractivity contribution is 1.41. The van der Waals surface area contributed by atoms with Crippen molar-refractivity contribution in [2.45, 2.75) is 6.42 Å². The van der Waals surface area contributed by atoms with Crippen LogP contribution in [0.4, 0.5) is 11.4 Å². The number of nitrogen functional groups attached to an aromatic ring is 2. The van der Waals surface area contributed by atoms with Gasteiger partial charge in [0.25, 0.3) is 0 Å². The van der Waals surface area contributed by atoms with Crippen molar-refractivity contribution in [1.29, 1.82) is 0 Å². The first kappa shape index (κ1) is 13.0. The fourth-order valence-electron chi connectivity index (χ4n) is 1.91. The zero-order valence-corrected chi connectivity index (χ0v) is 10.8. The summed E-state index contributed by atoms with van der Waals surface area (Å²) in [7, 11) is 0. The molecule has 0 aliphatic heterocycles.